The smallest absolute Gasteiger partial charge is 0.335 e. The normalized spacial score (nSPS) is 23.4. The fourth-order valence-corrected chi connectivity index (χ4v) is 4.24. The van der Waals surface area contributed by atoms with Crippen molar-refractivity contribution in [2.75, 3.05) is 6.61 Å². The SMILES string of the molecule is C/C=C(\C)C(=O)O[C@@H]1O[C@H](COCc2ccccc2)[C@@H](OCc2ccccc2)[C@H](OCc2ccccc2)[C@@H]1O. The molecule has 0 amide bonds. The summed E-state index contributed by atoms with van der Waals surface area (Å²) in [4.78, 5) is 12.6. The quantitative estimate of drug-likeness (QED) is 0.261. The predicted molar refractivity (Wildman–Crippen MR) is 146 cm³/mol. The monoisotopic (exact) mass is 532 g/mol. The summed E-state index contributed by atoms with van der Waals surface area (Å²) in [5.74, 6) is -0.573. The Morgan fingerprint density at radius 1 is 0.795 bits per heavy atom. The van der Waals surface area contributed by atoms with E-state index in [1.807, 2.05) is 91.0 Å². The number of benzene rings is 3. The lowest BCUT2D eigenvalue weighted by atomic mass is 9.98. The van der Waals surface area contributed by atoms with E-state index < -0.39 is 36.7 Å². The first-order valence-corrected chi connectivity index (χ1v) is 13.1. The van der Waals surface area contributed by atoms with Crippen molar-refractivity contribution in [1.82, 2.24) is 0 Å². The van der Waals surface area contributed by atoms with Crippen LogP contribution in [0.4, 0.5) is 0 Å². The number of hydrogen-bond acceptors (Lipinski definition) is 7. The van der Waals surface area contributed by atoms with E-state index in [1.165, 1.54) is 0 Å². The highest BCUT2D eigenvalue weighted by atomic mass is 16.7. The number of aliphatic hydroxyl groups is 1. The molecule has 1 aliphatic heterocycles. The summed E-state index contributed by atoms with van der Waals surface area (Å²) in [5.41, 5.74) is 3.33. The average molecular weight is 533 g/mol. The van der Waals surface area contributed by atoms with E-state index in [4.69, 9.17) is 23.7 Å². The number of ether oxygens (including phenoxy) is 5. The second-order valence-electron chi connectivity index (χ2n) is 9.43. The zero-order valence-corrected chi connectivity index (χ0v) is 22.3. The minimum absolute atomic E-state index is 0.142. The first-order chi connectivity index (χ1) is 19.0. The third-order valence-corrected chi connectivity index (χ3v) is 6.56. The van der Waals surface area contributed by atoms with E-state index in [1.54, 1.807) is 19.9 Å². The molecular formula is C32H36O7. The Kier molecular flexibility index (Phi) is 10.8. The van der Waals surface area contributed by atoms with Crippen LogP contribution in [0, 0.1) is 0 Å². The lowest BCUT2D eigenvalue weighted by Gasteiger charge is -2.43. The predicted octanol–water partition coefficient (Wildman–Crippen LogP) is 4.97. The summed E-state index contributed by atoms with van der Waals surface area (Å²) in [7, 11) is 0. The van der Waals surface area contributed by atoms with Gasteiger partial charge in [0.15, 0.2) is 0 Å². The molecular weight excluding hydrogens is 496 g/mol. The van der Waals surface area contributed by atoms with E-state index in [0.29, 0.717) is 12.2 Å². The molecule has 0 radical (unpaired) electrons. The van der Waals surface area contributed by atoms with Gasteiger partial charge >= 0.3 is 5.97 Å². The van der Waals surface area contributed by atoms with Crippen molar-refractivity contribution in [3.05, 3.63) is 119 Å². The van der Waals surface area contributed by atoms with Crippen molar-refractivity contribution >= 4 is 5.97 Å². The molecule has 39 heavy (non-hydrogen) atoms. The van der Waals surface area contributed by atoms with Crippen molar-refractivity contribution in [2.24, 2.45) is 0 Å². The molecule has 0 aromatic heterocycles. The van der Waals surface area contributed by atoms with Crippen LogP contribution >= 0.6 is 0 Å². The van der Waals surface area contributed by atoms with Crippen LogP contribution in [-0.4, -0.2) is 48.4 Å². The molecule has 0 aliphatic carbocycles. The van der Waals surface area contributed by atoms with Gasteiger partial charge < -0.3 is 28.8 Å². The highest BCUT2D eigenvalue weighted by Crippen LogP contribution is 2.29. The van der Waals surface area contributed by atoms with Gasteiger partial charge in [-0.25, -0.2) is 4.79 Å². The zero-order valence-electron chi connectivity index (χ0n) is 22.3. The van der Waals surface area contributed by atoms with Crippen LogP contribution in [0.1, 0.15) is 30.5 Å². The summed E-state index contributed by atoms with van der Waals surface area (Å²) in [5, 5.41) is 11.3. The van der Waals surface area contributed by atoms with Crippen LogP contribution < -0.4 is 0 Å². The highest BCUT2D eigenvalue weighted by molar-refractivity contribution is 5.87. The lowest BCUT2D eigenvalue weighted by Crippen LogP contribution is -2.61. The van der Waals surface area contributed by atoms with Gasteiger partial charge in [-0.1, -0.05) is 97.1 Å². The van der Waals surface area contributed by atoms with Crippen LogP contribution in [0.3, 0.4) is 0 Å². The third kappa shape index (κ3) is 8.33. The third-order valence-electron chi connectivity index (χ3n) is 6.56. The van der Waals surface area contributed by atoms with E-state index in [0.717, 1.165) is 16.7 Å². The first kappa shape index (κ1) is 28.7. The van der Waals surface area contributed by atoms with Crippen LogP contribution in [0.5, 0.6) is 0 Å². The molecule has 0 spiro atoms. The second kappa shape index (κ2) is 14.7. The molecule has 1 aliphatic rings. The summed E-state index contributed by atoms with van der Waals surface area (Å²) in [6, 6.07) is 29.2. The Balaban J connectivity index is 1.56. The number of carbonyl (C=O) groups excluding carboxylic acids is 1. The maximum absolute atomic E-state index is 12.6. The van der Waals surface area contributed by atoms with Crippen molar-refractivity contribution in [3.63, 3.8) is 0 Å². The highest BCUT2D eigenvalue weighted by Gasteiger charge is 2.48. The number of hydrogen-bond donors (Lipinski definition) is 1. The maximum atomic E-state index is 12.6. The van der Waals surface area contributed by atoms with Gasteiger partial charge in [0.2, 0.25) is 6.29 Å². The van der Waals surface area contributed by atoms with Crippen molar-refractivity contribution in [2.45, 2.75) is 64.4 Å². The first-order valence-electron chi connectivity index (χ1n) is 13.1. The van der Waals surface area contributed by atoms with E-state index in [-0.39, 0.29) is 19.8 Å². The molecule has 1 heterocycles. The Morgan fingerprint density at radius 2 is 1.28 bits per heavy atom. The average Bonchev–Trinajstić information content (AvgIpc) is 2.98. The van der Waals surface area contributed by atoms with Crippen LogP contribution in [0.25, 0.3) is 0 Å². The van der Waals surface area contributed by atoms with Gasteiger partial charge in [0, 0.05) is 5.57 Å². The van der Waals surface area contributed by atoms with Gasteiger partial charge in [-0.05, 0) is 30.5 Å². The number of carbonyl (C=O) groups is 1. The zero-order chi connectivity index (χ0) is 27.5. The van der Waals surface area contributed by atoms with Crippen LogP contribution in [-0.2, 0) is 48.3 Å². The number of aliphatic hydroxyl groups excluding tert-OH is 1. The topological polar surface area (TPSA) is 83.5 Å². The molecule has 1 N–H and O–H groups in total. The Labute approximate surface area is 229 Å². The van der Waals surface area contributed by atoms with Crippen molar-refractivity contribution in [3.8, 4) is 0 Å². The second-order valence-corrected chi connectivity index (χ2v) is 9.43. The van der Waals surface area contributed by atoms with Crippen LogP contribution in [0.2, 0.25) is 0 Å². The Bertz CT molecular complexity index is 1170. The molecule has 206 valence electrons. The Morgan fingerprint density at radius 3 is 1.79 bits per heavy atom. The standard InChI is InChI=1S/C32H36O7/c1-3-23(2)31(34)39-32-28(33)30(37-21-26-17-11-6-12-18-26)29(36-20-25-15-9-5-10-16-25)27(38-32)22-35-19-24-13-7-4-8-14-24/h3-18,27-30,32-33H,19-22H2,1-2H3/b23-3+/t27-,28+,29-,30-,32+/m1/s1. The molecule has 5 atom stereocenters. The fraction of sp³-hybridized carbons (Fsp3) is 0.344. The van der Waals surface area contributed by atoms with Crippen molar-refractivity contribution in [1.29, 1.82) is 0 Å². The Hall–Kier alpha value is -3.33. The van der Waals surface area contributed by atoms with Crippen molar-refractivity contribution < 1.29 is 33.6 Å². The van der Waals surface area contributed by atoms with Gasteiger partial charge in [0.25, 0.3) is 0 Å². The molecule has 7 nitrogen and oxygen atoms in total. The molecule has 7 heteroatoms. The summed E-state index contributed by atoms with van der Waals surface area (Å²) in [6.07, 6.45) is -3.12. The van der Waals surface area contributed by atoms with E-state index >= 15 is 0 Å². The minimum atomic E-state index is -1.28. The fourth-order valence-electron chi connectivity index (χ4n) is 4.24. The number of rotatable bonds is 12. The van der Waals surface area contributed by atoms with E-state index in [2.05, 4.69) is 0 Å². The maximum Gasteiger partial charge on any atom is 0.335 e. The minimum Gasteiger partial charge on any atom is -0.429 e. The summed E-state index contributed by atoms with van der Waals surface area (Å²) < 4.78 is 30.3. The summed E-state index contributed by atoms with van der Waals surface area (Å²) in [6.45, 7) is 4.42. The molecule has 0 unspecified atom stereocenters. The lowest BCUT2D eigenvalue weighted by molar-refractivity contribution is -0.310. The van der Waals surface area contributed by atoms with Gasteiger partial charge in [0.05, 0.1) is 26.4 Å². The van der Waals surface area contributed by atoms with E-state index in [9.17, 15) is 9.90 Å². The molecule has 1 fully saturated rings. The largest absolute Gasteiger partial charge is 0.429 e. The van der Waals surface area contributed by atoms with Gasteiger partial charge in [-0.2, -0.15) is 0 Å². The van der Waals surface area contributed by atoms with Gasteiger partial charge in [-0.15, -0.1) is 0 Å². The molecule has 4 rings (SSSR count). The molecule has 3 aromatic rings. The molecule has 0 bridgehead atoms. The number of allylic oxidation sites excluding steroid dienone is 1. The summed E-state index contributed by atoms with van der Waals surface area (Å²) >= 11 is 0. The number of esters is 1. The molecule has 0 saturated carbocycles. The molecule has 1 saturated heterocycles. The van der Waals surface area contributed by atoms with Gasteiger partial charge in [0.1, 0.15) is 24.4 Å². The van der Waals surface area contributed by atoms with Crippen LogP contribution in [0.15, 0.2) is 103 Å². The van der Waals surface area contributed by atoms with Gasteiger partial charge in [-0.3, -0.25) is 0 Å². The molecule has 3 aromatic carbocycles.